The zero-order valence-electron chi connectivity index (χ0n) is 15.5. The van der Waals surface area contributed by atoms with Crippen LogP contribution in [0.4, 0.5) is 10.5 Å². The number of hydrogen-bond donors (Lipinski definition) is 1. The number of aryl methyl sites for hydroxylation is 2. The Hall–Kier alpha value is -3.15. The van der Waals surface area contributed by atoms with Crippen LogP contribution in [-0.2, 0) is 0 Å². The highest BCUT2D eigenvalue weighted by molar-refractivity contribution is 5.90. The van der Waals surface area contributed by atoms with Crippen molar-refractivity contribution in [3.8, 4) is 11.4 Å². The van der Waals surface area contributed by atoms with Crippen LogP contribution >= 0.6 is 0 Å². The number of benzene rings is 2. The maximum absolute atomic E-state index is 12.8. The summed E-state index contributed by atoms with van der Waals surface area (Å²) < 4.78 is 5.51. The second kappa shape index (κ2) is 7.23. The van der Waals surface area contributed by atoms with E-state index in [0.717, 1.165) is 35.2 Å². The van der Waals surface area contributed by atoms with Gasteiger partial charge in [0.25, 0.3) is 0 Å². The first-order valence-electron chi connectivity index (χ1n) is 9.16. The zero-order valence-corrected chi connectivity index (χ0v) is 15.5. The maximum atomic E-state index is 12.8. The zero-order chi connectivity index (χ0) is 18.8. The number of para-hydroxylation sites is 1. The van der Waals surface area contributed by atoms with Gasteiger partial charge in [-0.2, -0.15) is 4.98 Å². The number of aromatic nitrogens is 2. The van der Waals surface area contributed by atoms with Gasteiger partial charge < -0.3 is 14.7 Å². The van der Waals surface area contributed by atoms with Crippen LogP contribution in [0.25, 0.3) is 11.4 Å². The molecule has 0 unspecified atom stereocenters. The van der Waals surface area contributed by atoms with Gasteiger partial charge in [0.15, 0.2) is 0 Å². The topological polar surface area (TPSA) is 71.3 Å². The second-order valence-corrected chi connectivity index (χ2v) is 6.92. The number of likely N-dealkylation sites (tertiary alicyclic amines) is 1. The molecule has 1 aliphatic heterocycles. The van der Waals surface area contributed by atoms with Gasteiger partial charge in [-0.05, 0) is 44.4 Å². The summed E-state index contributed by atoms with van der Waals surface area (Å²) in [6, 6.07) is 15.4. The van der Waals surface area contributed by atoms with Crippen molar-refractivity contribution in [3.63, 3.8) is 0 Å². The lowest BCUT2D eigenvalue weighted by Gasteiger charge is -2.22. The lowest BCUT2D eigenvalue weighted by Crippen LogP contribution is -2.34. The molecule has 1 aromatic heterocycles. The summed E-state index contributed by atoms with van der Waals surface area (Å²) in [5.41, 5.74) is 3.90. The van der Waals surface area contributed by atoms with Crippen molar-refractivity contribution in [2.24, 2.45) is 0 Å². The van der Waals surface area contributed by atoms with E-state index in [0.29, 0.717) is 18.3 Å². The molecule has 6 heteroatoms. The molecule has 1 aliphatic rings. The number of hydrogen-bond acceptors (Lipinski definition) is 4. The van der Waals surface area contributed by atoms with Crippen molar-refractivity contribution in [2.45, 2.75) is 32.7 Å². The number of nitrogens with zero attached hydrogens (tertiary/aromatic N) is 3. The molecule has 6 nitrogen and oxygen atoms in total. The number of anilines is 1. The molecule has 0 aliphatic carbocycles. The first-order chi connectivity index (χ1) is 13.1. The van der Waals surface area contributed by atoms with Gasteiger partial charge in [0.1, 0.15) is 6.04 Å². The molecule has 0 bridgehead atoms. The molecule has 1 saturated heterocycles. The molecule has 4 rings (SSSR count). The largest absolute Gasteiger partial charge is 0.337 e. The van der Waals surface area contributed by atoms with Gasteiger partial charge >= 0.3 is 6.03 Å². The van der Waals surface area contributed by atoms with E-state index in [-0.39, 0.29) is 12.1 Å². The van der Waals surface area contributed by atoms with Crippen molar-refractivity contribution in [3.05, 3.63) is 65.5 Å². The van der Waals surface area contributed by atoms with E-state index in [4.69, 9.17) is 4.52 Å². The predicted octanol–water partition coefficient (Wildman–Crippen LogP) is 4.72. The van der Waals surface area contributed by atoms with Gasteiger partial charge in [-0.3, -0.25) is 0 Å². The summed E-state index contributed by atoms with van der Waals surface area (Å²) >= 11 is 0. The Bertz CT molecular complexity index is 966. The third kappa shape index (κ3) is 3.56. The number of urea groups is 1. The Morgan fingerprint density at radius 1 is 1.19 bits per heavy atom. The summed E-state index contributed by atoms with van der Waals surface area (Å²) in [6.45, 7) is 4.67. The first kappa shape index (κ1) is 17.3. The van der Waals surface area contributed by atoms with E-state index in [1.165, 1.54) is 0 Å². The monoisotopic (exact) mass is 362 g/mol. The fourth-order valence-corrected chi connectivity index (χ4v) is 3.44. The normalized spacial score (nSPS) is 16.5. The molecule has 2 heterocycles. The van der Waals surface area contributed by atoms with Crippen LogP contribution in [0.15, 0.2) is 53.1 Å². The molecule has 1 N–H and O–H groups in total. The number of carbonyl (C=O) groups excluding carboxylic acids is 1. The third-order valence-electron chi connectivity index (χ3n) is 4.90. The Morgan fingerprint density at radius 3 is 2.85 bits per heavy atom. The summed E-state index contributed by atoms with van der Waals surface area (Å²) in [4.78, 5) is 19.1. The van der Waals surface area contributed by atoms with E-state index in [2.05, 4.69) is 15.5 Å². The molecule has 1 atom stereocenters. The highest BCUT2D eigenvalue weighted by atomic mass is 16.5. The second-order valence-electron chi connectivity index (χ2n) is 6.92. The summed E-state index contributed by atoms with van der Waals surface area (Å²) in [7, 11) is 0. The molecule has 3 aromatic rings. The third-order valence-corrected chi connectivity index (χ3v) is 4.90. The van der Waals surface area contributed by atoms with Crippen molar-refractivity contribution in [1.82, 2.24) is 15.0 Å². The van der Waals surface area contributed by atoms with E-state index < -0.39 is 0 Å². The van der Waals surface area contributed by atoms with Crippen LogP contribution in [0.5, 0.6) is 0 Å². The molecule has 27 heavy (non-hydrogen) atoms. The van der Waals surface area contributed by atoms with Crippen LogP contribution in [0, 0.1) is 13.8 Å². The standard InChI is InChI=1S/C21H22N4O2/c1-14-7-5-9-16(13-14)19-23-20(27-24-19)18-11-6-12-25(18)21(26)22-17-10-4-3-8-15(17)2/h3-5,7-10,13,18H,6,11-12H2,1-2H3,(H,22,26)/t18-/m1/s1. The highest BCUT2D eigenvalue weighted by Gasteiger charge is 2.34. The van der Waals surface area contributed by atoms with E-state index in [9.17, 15) is 4.79 Å². The minimum Gasteiger partial charge on any atom is -0.337 e. The Morgan fingerprint density at radius 2 is 2.04 bits per heavy atom. The molecule has 0 radical (unpaired) electrons. The Labute approximate surface area is 158 Å². The minimum absolute atomic E-state index is 0.137. The van der Waals surface area contributed by atoms with Crippen LogP contribution in [0.1, 0.15) is 35.9 Å². The fraction of sp³-hybridized carbons (Fsp3) is 0.286. The minimum atomic E-state index is -0.194. The Balaban J connectivity index is 1.53. The van der Waals surface area contributed by atoms with Crippen molar-refractivity contribution < 1.29 is 9.32 Å². The van der Waals surface area contributed by atoms with Crippen LogP contribution < -0.4 is 5.32 Å². The molecule has 0 spiro atoms. The van der Waals surface area contributed by atoms with E-state index in [1.54, 1.807) is 4.90 Å². The smallest absolute Gasteiger partial charge is 0.322 e. The predicted molar refractivity (Wildman–Crippen MR) is 103 cm³/mol. The number of nitrogens with one attached hydrogen (secondary N) is 1. The molecule has 2 amide bonds. The number of carbonyl (C=O) groups is 1. The van der Waals surface area contributed by atoms with Crippen molar-refractivity contribution in [2.75, 3.05) is 11.9 Å². The van der Waals surface area contributed by atoms with E-state index in [1.807, 2.05) is 62.4 Å². The number of rotatable bonds is 3. The molecular formula is C21H22N4O2. The highest BCUT2D eigenvalue weighted by Crippen LogP contribution is 2.32. The summed E-state index contributed by atoms with van der Waals surface area (Å²) in [5.74, 6) is 1.05. The van der Waals surface area contributed by atoms with Crippen LogP contribution in [0.2, 0.25) is 0 Å². The van der Waals surface area contributed by atoms with Gasteiger partial charge in [0.2, 0.25) is 11.7 Å². The van der Waals surface area contributed by atoms with Gasteiger partial charge in [-0.15, -0.1) is 0 Å². The molecule has 1 fully saturated rings. The number of amides is 2. The van der Waals surface area contributed by atoms with Gasteiger partial charge in [0.05, 0.1) is 0 Å². The molecular weight excluding hydrogens is 340 g/mol. The molecule has 0 saturated carbocycles. The van der Waals surface area contributed by atoms with Crippen LogP contribution in [0.3, 0.4) is 0 Å². The summed E-state index contributed by atoms with van der Waals surface area (Å²) in [6.07, 6.45) is 1.73. The van der Waals surface area contributed by atoms with Crippen molar-refractivity contribution >= 4 is 11.7 Å². The van der Waals surface area contributed by atoms with Gasteiger partial charge in [0, 0.05) is 17.8 Å². The quantitative estimate of drug-likeness (QED) is 0.732. The lowest BCUT2D eigenvalue weighted by atomic mass is 10.1. The van der Waals surface area contributed by atoms with Gasteiger partial charge in [-0.25, -0.2) is 4.79 Å². The van der Waals surface area contributed by atoms with Crippen LogP contribution in [-0.4, -0.2) is 27.6 Å². The average Bonchev–Trinajstić information content (AvgIpc) is 3.33. The van der Waals surface area contributed by atoms with Gasteiger partial charge in [-0.1, -0.05) is 47.1 Å². The fourth-order valence-electron chi connectivity index (χ4n) is 3.44. The molecule has 138 valence electrons. The summed E-state index contributed by atoms with van der Waals surface area (Å²) in [5, 5.41) is 7.11. The Kier molecular flexibility index (Phi) is 4.62. The average molecular weight is 362 g/mol. The van der Waals surface area contributed by atoms with E-state index >= 15 is 0 Å². The molecule has 2 aromatic carbocycles. The first-order valence-corrected chi connectivity index (χ1v) is 9.16. The lowest BCUT2D eigenvalue weighted by molar-refractivity contribution is 0.193. The SMILES string of the molecule is Cc1cccc(-c2noc([C@H]3CCCN3C(=O)Nc3ccccc3C)n2)c1. The van der Waals surface area contributed by atoms with Crippen molar-refractivity contribution in [1.29, 1.82) is 0 Å². The maximum Gasteiger partial charge on any atom is 0.322 e.